The summed E-state index contributed by atoms with van der Waals surface area (Å²) in [6.07, 6.45) is 6.61. The van der Waals surface area contributed by atoms with Crippen LogP contribution >= 0.6 is 0 Å². The molecule has 0 aliphatic heterocycles. The Bertz CT molecular complexity index is 701. The summed E-state index contributed by atoms with van der Waals surface area (Å²) < 4.78 is 25.8. The van der Waals surface area contributed by atoms with Gasteiger partial charge >= 0.3 is 0 Å². The Balaban J connectivity index is 2.57. The average Bonchev–Trinajstić information content (AvgIpc) is 2.60. The quantitative estimate of drug-likeness (QED) is 0.576. The maximum Gasteiger partial charge on any atom is 0.232 e. The second kappa shape index (κ2) is 11.3. The summed E-state index contributed by atoms with van der Waals surface area (Å²) in [6, 6.07) is 5.63. The van der Waals surface area contributed by atoms with Gasteiger partial charge < -0.3 is 5.32 Å². The van der Waals surface area contributed by atoms with Crippen molar-refractivity contribution in [3.8, 4) is 0 Å². The molecule has 0 aliphatic rings. The lowest BCUT2D eigenvalue weighted by atomic mass is 9.99. The second-order valence-electron chi connectivity index (χ2n) is 7.43. The van der Waals surface area contributed by atoms with E-state index in [-0.39, 0.29) is 5.91 Å². The minimum absolute atomic E-state index is 0.00140. The molecule has 0 radical (unpaired) electrons. The van der Waals surface area contributed by atoms with Crippen molar-refractivity contribution in [2.24, 2.45) is 5.92 Å². The zero-order valence-corrected chi connectivity index (χ0v) is 18.4. The van der Waals surface area contributed by atoms with Gasteiger partial charge in [0.05, 0.1) is 11.9 Å². The van der Waals surface area contributed by atoms with Gasteiger partial charge in [0, 0.05) is 19.5 Å². The Morgan fingerprint density at radius 1 is 1.15 bits per heavy atom. The van der Waals surface area contributed by atoms with Crippen molar-refractivity contribution in [3.05, 3.63) is 29.3 Å². The van der Waals surface area contributed by atoms with Crippen LogP contribution in [0.3, 0.4) is 0 Å². The van der Waals surface area contributed by atoms with Gasteiger partial charge in [0.15, 0.2) is 0 Å². The SMILES string of the molecule is CCCC[C@H](CC)CNC(=O)CCCN(c1ccc(C)c(C)c1)S(C)(=O)=O. The van der Waals surface area contributed by atoms with Gasteiger partial charge in [0.1, 0.15) is 0 Å². The van der Waals surface area contributed by atoms with Crippen LogP contribution in [0.15, 0.2) is 18.2 Å². The number of amides is 1. The molecule has 0 bridgehead atoms. The van der Waals surface area contributed by atoms with Crippen LogP contribution in [0, 0.1) is 19.8 Å². The van der Waals surface area contributed by atoms with Crippen molar-refractivity contribution in [3.63, 3.8) is 0 Å². The summed E-state index contributed by atoms with van der Waals surface area (Å²) in [5.41, 5.74) is 2.84. The minimum Gasteiger partial charge on any atom is -0.356 e. The van der Waals surface area contributed by atoms with Crippen LogP contribution in [0.1, 0.15) is 63.5 Å². The van der Waals surface area contributed by atoms with Crippen molar-refractivity contribution < 1.29 is 13.2 Å². The van der Waals surface area contributed by atoms with E-state index in [9.17, 15) is 13.2 Å². The molecule has 1 aromatic rings. The first-order valence-corrected chi connectivity index (χ1v) is 11.9. The molecule has 0 saturated carbocycles. The predicted molar refractivity (Wildman–Crippen MR) is 114 cm³/mol. The summed E-state index contributed by atoms with van der Waals surface area (Å²) >= 11 is 0. The highest BCUT2D eigenvalue weighted by molar-refractivity contribution is 7.92. The van der Waals surface area contributed by atoms with Crippen LogP contribution in [0.5, 0.6) is 0 Å². The third kappa shape index (κ3) is 8.33. The van der Waals surface area contributed by atoms with Gasteiger partial charge in [-0.05, 0) is 55.9 Å². The first-order chi connectivity index (χ1) is 12.7. The van der Waals surface area contributed by atoms with Crippen LogP contribution in [0.4, 0.5) is 5.69 Å². The Morgan fingerprint density at radius 2 is 1.85 bits per heavy atom. The van der Waals surface area contributed by atoms with Gasteiger partial charge in [-0.25, -0.2) is 8.42 Å². The number of anilines is 1. The van der Waals surface area contributed by atoms with Gasteiger partial charge in [0.25, 0.3) is 0 Å². The molecule has 1 atom stereocenters. The molecule has 0 unspecified atom stereocenters. The van der Waals surface area contributed by atoms with Crippen molar-refractivity contribution in [2.75, 3.05) is 23.7 Å². The van der Waals surface area contributed by atoms with E-state index in [1.807, 2.05) is 32.0 Å². The molecule has 0 aliphatic carbocycles. The smallest absolute Gasteiger partial charge is 0.232 e. The van der Waals surface area contributed by atoms with Gasteiger partial charge in [-0.2, -0.15) is 0 Å². The lowest BCUT2D eigenvalue weighted by Crippen LogP contribution is -2.33. The van der Waals surface area contributed by atoms with Crippen molar-refractivity contribution in [2.45, 2.75) is 66.2 Å². The van der Waals surface area contributed by atoms with E-state index in [4.69, 9.17) is 0 Å². The Labute approximate surface area is 165 Å². The molecule has 1 aromatic carbocycles. The summed E-state index contributed by atoms with van der Waals surface area (Å²) in [5.74, 6) is 0.524. The average molecular weight is 397 g/mol. The maximum atomic E-state index is 12.2. The number of sulfonamides is 1. The highest BCUT2D eigenvalue weighted by Crippen LogP contribution is 2.21. The monoisotopic (exact) mass is 396 g/mol. The number of hydrogen-bond donors (Lipinski definition) is 1. The van der Waals surface area contributed by atoms with Crippen molar-refractivity contribution in [1.29, 1.82) is 0 Å². The first kappa shape index (κ1) is 23.5. The fraction of sp³-hybridized carbons (Fsp3) is 0.667. The summed E-state index contributed by atoms with van der Waals surface area (Å²) in [7, 11) is -3.38. The topological polar surface area (TPSA) is 66.5 Å². The molecule has 0 fully saturated rings. The predicted octanol–water partition coefficient (Wildman–Crippen LogP) is 4.18. The number of carbonyl (C=O) groups is 1. The maximum absolute atomic E-state index is 12.2. The standard InChI is InChI=1S/C21H36N2O3S/c1-6-8-10-19(7-2)16-22-21(24)11-9-14-23(27(5,25)26)20-13-12-17(3)18(4)15-20/h12-13,15,19H,6-11,14,16H2,1-5H3,(H,22,24)/t19-/m0/s1. The number of nitrogens with one attached hydrogen (secondary N) is 1. The van der Waals surface area contributed by atoms with E-state index in [2.05, 4.69) is 19.2 Å². The molecule has 27 heavy (non-hydrogen) atoms. The Kier molecular flexibility index (Phi) is 9.84. The van der Waals surface area contributed by atoms with Crippen molar-refractivity contribution >= 4 is 21.6 Å². The molecule has 5 nitrogen and oxygen atoms in total. The number of carbonyl (C=O) groups excluding carboxylic acids is 1. The first-order valence-electron chi connectivity index (χ1n) is 10.0. The van der Waals surface area contributed by atoms with Crippen LogP contribution in [-0.4, -0.2) is 33.7 Å². The number of nitrogens with zero attached hydrogens (tertiary/aromatic N) is 1. The van der Waals surface area contributed by atoms with E-state index in [0.717, 1.165) is 24.0 Å². The number of aryl methyl sites for hydroxylation is 2. The molecule has 0 saturated heterocycles. The van der Waals surface area contributed by atoms with Crippen molar-refractivity contribution in [1.82, 2.24) is 5.32 Å². The van der Waals surface area contributed by atoms with E-state index >= 15 is 0 Å². The highest BCUT2D eigenvalue weighted by atomic mass is 32.2. The largest absolute Gasteiger partial charge is 0.356 e. The van der Waals surface area contributed by atoms with E-state index < -0.39 is 10.0 Å². The summed E-state index contributed by atoms with van der Waals surface area (Å²) in [4.78, 5) is 12.1. The fourth-order valence-corrected chi connectivity index (χ4v) is 4.00. The normalized spacial score (nSPS) is 12.6. The highest BCUT2D eigenvalue weighted by Gasteiger charge is 2.18. The van der Waals surface area contributed by atoms with Crippen LogP contribution in [0.25, 0.3) is 0 Å². The zero-order valence-electron chi connectivity index (χ0n) is 17.5. The van der Waals surface area contributed by atoms with Gasteiger partial charge in [0.2, 0.25) is 15.9 Å². The van der Waals surface area contributed by atoms with Crippen LogP contribution in [0.2, 0.25) is 0 Å². The molecule has 154 valence electrons. The molecule has 6 heteroatoms. The molecular weight excluding hydrogens is 360 g/mol. The Hall–Kier alpha value is -1.56. The van der Waals surface area contributed by atoms with E-state index in [0.29, 0.717) is 37.5 Å². The third-order valence-electron chi connectivity index (χ3n) is 5.08. The zero-order chi connectivity index (χ0) is 20.4. The van der Waals surface area contributed by atoms with Crippen LogP contribution < -0.4 is 9.62 Å². The lowest BCUT2D eigenvalue weighted by Gasteiger charge is -2.23. The fourth-order valence-electron chi connectivity index (χ4n) is 3.04. The summed E-state index contributed by atoms with van der Waals surface area (Å²) in [5, 5.41) is 3.00. The van der Waals surface area contributed by atoms with E-state index in [1.54, 1.807) is 0 Å². The number of rotatable bonds is 12. The summed E-state index contributed by atoms with van der Waals surface area (Å²) in [6.45, 7) is 9.31. The lowest BCUT2D eigenvalue weighted by molar-refractivity contribution is -0.121. The third-order valence-corrected chi connectivity index (χ3v) is 6.27. The molecular formula is C21H36N2O3S. The molecule has 1 amide bonds. The van der Waals surface area contributed by atoms with E-state index in [1.165, 1.54) is 23.4 Å². The molecule has 1 rings (SSSR count). The van der Waals surface area contributed by atoms with Gasteiger partial charge in [-0.1, -0.05) is 39.2 Å². The molecule has 1 N–H and O–H groups in total. The molecule has 0 spiro atoms. The number of benzene rings is 1. The van der Waals surface area contributed by atoms with Crippen LogP contribution in [-0.2, 0) is 14.8 Å². The second-order valence-corrected chi connectivity index (χ2v) is 9.33. The number of hydrogen-bond acceptors (Lipinski definition) is 3. The molecule has 0 heterocycles. The van der Waals surface area contributed by atoms with Gasteiger partial charge in [-0.3, -0.25) is 9.10 Å². The van der Waals surface area contributed by atoms with Gasteiger partial charge in [-0.15, -0.1) is 0 Å². The minimum atomic E-state index is -3.38. The molecule has 0 aromatic heterocycles. The number of unbranched alkanes of at least 4 members (excludes halogenated alkanes) is 1. The Morgan fingerprint density at radius 3 is 2.41 bits per heavy atom.